The first-order valence-electron chi connectivity index (χ1n) is 10.4. The van der Waals surface area contributed by atoms with E-state index >= 15 is 0 Å². The standard InChI is InChI=1S/C16H9F26O4P.H3N/c1-3(17)5(19,20)7(23,24)9(27,28)11(31,32)13(35,36)15(39,40)45-47(43,44)46-16(41,42)14(37,38)12(33,34)10(29,30)8(25,26)6(21,22)4(2)18;/h3-4H,1-2H3,(H,43,44);1H3. The molecule has 0 rings (SSSR count). The third kappa shape index (κ3) is 6.57. The van der Waals surface area contributed by atoms with Gasteiger partial charge in [0.1, 0.15) is 0 Å². The fourth-order valence-corrected chi connectivity index (χ4v) is 3.34. The van der Waals surface area contributed by atoms with Crippen molar-refractivity contribution < 1.29 is 133 Å². The van der Waals surface area contributed by atoms with Gasteiger partial charge in [-0.2, -0.15) is 105 Å². The van der Waals surface area contributed by atoms with E-state index in [9.17, 15) is 119 Å². The summed E-state index contributed by atoms with van der Waals surface area (Å²) in [4.78, 5) is 8.56. The van der Waals surface area contributed by atoms with Gasteiger partial charge in [-0.1, -0.05) is 0 Å². The molecule has 0 aliphatic carbocycles. The van der Waals surface area contributed by atoms with Crippen LogP contribution in [0.15, 0.2) is 0 Å². The summed E-state index contributed by atoms with van der Waals surface area (Å²) in [7, 11) is -8.96. The molecule has 0 aromatic rings. The molecule has 0 aliphatic heterocycles. The van der Waals surface area contributed by atoms with E-state index in [0.29, 0.717) is 0 Å². The van der Waals surface area contributed by atoms with Crippen LogP contribution in [0, 0.1) is 0 Å². The molecule has 0 aromatic heterocycles. The Morgan fingerprint density at radius 1 is 0.417 bits per heavy atom. The Labute approximate surface area is 245 Å². The molecule has 0 saturated heterocycles. The average Bonchev–Trinajstić information content (AvgIpc) is 2.80. The van der Waals surface area contributed by atoms with Crippen molar-refractivity contribution in [2.45, 2.75) is 97.6 Å². The maximum atomic E-state index is 13.6. The third-order valence-corrected chi connectivity index (χ3v) is 6.31. The summed E-state index contributed by atoms with van der Waals surface area (Å²) >= 11 is 0. The first kappa shape index (κ1) is 48.4. The number of phosphoric acid groups is 1. The van der Waals surface area contributed by atoms with E-state index in [1.165, 1.54) is 9.05 Å². The van der Waals surface area contributed by atoms with E-state index in [1.54, 1.807) is 0 Å². The van der Waals surface area contributed by atoms with Crippen molar-refractivity contribution in [1.82, 2.24) is 6.15 Å². The number of halogens is 26. The van der Waals surface area contributed by atoms with Crippen LogP contribution in [-0.4, -0.2) is 88.7 Å². The van der Waals surface area contributed by atoms with Crippen molar-refractivity contribution in [3.63, 3.8) is 0 Å². The van der Waals surface area contributed by atoms with Gasteiger partial charge in [0.25, 0.3) is 0 Å². The summed E-state index contributed by atoms with van der Waals surface area (Å²) < 4.78 is 362. The van der Waals surface area contributed by atoms with Crippen LogP contribution in [0.4, 0.5) is 114 Å². The lowest BCUT2D eigenvalue weighted by molar-refractivity contribution is -0.457. The first-order valence-corrected chi connectivity index (χ1v) is 11.9. The quantitative estimate of drug-likeness (QED) is 0.120. The van der Waals surface area contributed by atoms with Gasteiger partial charge < -0.3 is 11.0 Å². The van der Waals surface area contributed by atoms with Gasteiger partial charge in [-0.05, 0) is 13.8 Å². The van der Waals surface area contributed by atoms with Gasteiger partial charge in [0, 0.05) is 0 Å². The zero-order valence-electron chi connectivity index (χ0n) is 21.8. The predicted molar refractivity (Wildman–Crippen MR) is 97.5 cm³/mol. The van der Waals surface area contributed by atoms with E-state index < -0.39 is 105 Å². The lowest BCUT2D eigenvalue weighted by Crippen LogP contribution is -2.72. The van der Waals surface area contributed by atoms with Crippen molar-refractivity contribution in [2.75, 3.05) is 0 Å². The second-order valence-electron chi connectivity index (χ2n) is 8.76. The largest absolute Gasteiger partial charge is 0.482 e. The highest BCUT2D eigenvalue weighted by molar-refractivity contribution is 7.47. The van der Waals surface area contributed by atoms with E-state index in [2.05, 4.69) is 0 Å². The molecule has 2 atom stereocenters. The lowest BCUT2D eigenvalue weighted by atomic mass is 9.92. The molecule has 4 N–H and O–H groups in total. The fraction of sp³-hybridized carbons (Fsp3) is 1.00. The van der Waals surface area contributed by atoms with Gasteiger partial charge in [0.15, 0.2) is 12.3 Å². The first-order chi connectivity index (χ1) is 19.8. The van der Waals surface area contributed by atoms with Crippen molar-refractivity contribution in [3.05, 3.63) is 0 Å². The van der Waals surface area contributed by atoms with Crippen molar-refractivity contribution >= 4 is 7.82 Å². The Balaban J connectivity index is 0. The van der Waals surface area contributed by atoms with E-state index in [-0.39, 0.29) is 6.15 Å². The van der Waals surface area contributed by atoms with Gasteiger partial charge >= 0.3 is 79.3 Å². The number of hydrogen-bond donors (Lipinski definition) is 2. The Hall–Kier alpha value is -1.75. The van der Waals surface area contributed by atoms with Gasteiger partial charge in [-0.3, -0.25) is 0 Å². The lowest BCUT2D eigenvalue weighted by Gasteiger charge is -2.42. The summed E-state index contributed by atoms with van der Waals surface area (Å²) in [6.45, 7) is -1.66. The van der Waals surface area contributed by atoms with Crippen LogP contribution in [0.2, 0.25) is 0 Å². The minimum Gasteiger partial charge on any atom is -0.344 e. The fourth-order valence-electron chi connectivity index (χ4n) is 2.50. The van der Waals surface area contributed by atoms with Crippen LogP contribution >= 0.6 is 7.82 Å². The normalized spacial score (nSPS) is 18.6. The van der Waals surface area contributed by atoms with E-state index in [4.69, 9.17) is 4.89 Å². The Morgan fingerprint density at radius 3 is 0.750 bits per heavy atom. The number of alkyl halides is 26. The summed E-state index contributed by atoms with van der Waals surface area (Å²) in [5, 5.41) is 0. The zero-order chi connectivity index (χ0) is 39.1. The highest BCUT2D eigenvalue weighted by Gasteiger charge is 2.93. The highest BCUT2D eigenvalue weighted by atomic mass is 31.2. The van der Waals surface area contributed by atoms with Crippen molar-refractivity contribution in [2.24, 2.45) is 0 Å². The number of phosphoric ester groups is 1. The molecule has 0 aromatic carbocycles. The van der Waals surface area contributed by atoms with Gasteiger partial charge in [-0.25, -0.2) is 22.4 Å². The minimum atomic E-state index is -8.96. The smallest absolute Gasteiger partial charge is 0.344 e. The Morgan fingerprint density at radius 2 is 0.583 bits per heavy atom. The molecule has 32 heteroatoms. The van der Waals surface area contributed by atoms with Crippen LogP contribution in [0.25, 0.3) is 0 Å². The maximum absolute atomic E-state index is 13.6. The molecule has 0 bridgehead atoms. The molecule has 0 amide bonds. The maximum Gasteiger partial charge on any atom is 0.482 e. The number of rotatable bonds is 16. The molecule has 0 radical (unpaired) electrons. The van der Waals surface area contributed by atoms with E-state index in [1.807, 2.05) is 0 Å². The van der Waals surface area contributed by atoms with Crippen LogP contribution in [0.5, 0.6) is 0 Å². The van der Waals surface area contributed by atoms with Crippen LogP contribution < -0.4 is 6.15 Å². The molecular weight excluding hydrogens is 795 g/mol. The van der Waals surface area contributed by atoms with Gasteiger partial charge in [0.05, 0.1) is 0 Å². The number of hydrogen-bond acceptors (Lipinski definition) is 4. The summed E-state index contributed by atoms with van der Waals surface area (Å²) in [5.74, 6) is -83.5. The Bertz CT molecular complexity index is 1100. The zero-order valence-corrected chi connectivity index (χ0v) is 22.7. The van der Waals surface area contributed by atoms with Gasteiger partial charge in [0.2, 0.25) is 0 Å². The third-order valence-electron chi connectivity index (χ3n) is 5.39. The average molecular weight is 807 g/mol. The van der Waals surface area contributed by atoms with Crippen LogP contribution in [0.3, 0.4) is 0 Å². The van der Waals surface area contributed by atoms with Crippen LogP contribution in [0.1, 0.15) is 13.8 Å². The summed E-state index contributed by atoms with van der Waals surface area (Å²) in [6, 6.07) is 0. The van der Waals surface area contributed by atoms with Crippen molar-refractivity contribution in [1.29, 1.82) is 0 Å². The molecule has 0 saturated carbocycles. The Kier molecular flexibility index (Phi) is 12.6. The highest BCUT2D eigenvalue weighted by Crippen LogP contribution is 2.66. The molecule has 48 heavy (non-hydrogen) atoms. The molecule has 292 valence electrons. The molecule has 2 unspecified atom stereocenters. The molecule has 0 fully saturated rings. The molecular formula is C16H12F26NO4P. The second-order valence-corrected chi connectivity index (χ2v) is 10.1. The van der Waals surface area contributed by atoms with Gasteiger partial charge in [-0.15, -0.1) is 0 Å². The molecule has 5 nitrogen and oxygen atoms in total. The molecule has 0 aliphatic rings. The minimum absolute atomic E-state index is 0. The molecule has 0 heterocycles. The SMILES string of the molecule is CC(F)C(F)(F)C(F)(F)C(F)(F)C(F)(F)C(F)(F)C(F)(F)OP(=O)(O)OC(F)(F)C(F)(F)C(F)(F)C(F)(F)C(F)(F)C(F)(F)C(C)F.N. The van der Waals surface area contributed by atoms with Crippen LogP contribution in [-0.2, 0) is 13.6 Å². The monoisotopic (exact) mass is 807 g/mol. The summed E-state index contributed by atoms with van der Waals surface area (Å²) in [6.07, 6.45) is -26.3. The second kappa shape index (κ2) is 12.5. The van der Waals surface area contributed by atoms with Crippen molar-refractivity contribution in [3.8, 4) is 0 Å². The predicted octanol–water partition coefficient (Wildman–Crippen LogP) is 9.54. The summed E-state index contributed by atoms with van der Waals surface area (Å²) in [5.41, 5.74) is 0. The molecule has 0 spiro atoms. The van der Waals surface area contributed by atoms with E-state index in [0.717, 1.165) is 0 Å². The topological polar surface area (TPSA) is 90.8 Å².